The van der Waals surface area contributed by atoms with Crippen LogP contribution in [0.25, 0.3) is 17.1 Å². The number of benzene rings is 1. The molecule has 1 amide bonds. The normalized spacial score (nSPS) is 17.3. The lowest BCUT2D eigenvalue weighted by Crippen LogP contribution is -2.32. The third-order valence-electron chi connectivity index (χ3n) is 5.11. The van der Waals surface area contributed by atoms with Gasteiger partial charge in [0.15, 0.2) is 0 Å². The van der Waals surface area contributed by atoms with Crippen LogP contribution in [0, 0.1) is 13.8 Å². The highest BCUT2D eigenvalue weighted by molar-refractivity contribution is 5.78. The quantitative estimate of drug-likeness (QED) is 0.728. The fraction of sp³-hybridized carbons (Fsp3) is 0.350. The van der Waals surface area contributed by atoms with E-state index in [-0.39, 0.29) is 11.9 Å². The van der Waals surface area contributed by atoms with Crippen molar-refractivity contribution in [2.45, 2.75) is 39.3 Å². The molecular weight excluding hydrogens is 326 g/mol. The largest absolute Gasteiger partial charge is 0.341 e. The summed E-state index contributed by atoms with van der Waals surface area (Å²) in [6, 6.07) is 10.6. The maximum absolute atomic E-state index is 11.8. The van der Waals surface area contributed by atoms with Gasteiger partial charge in [0.05, 0.1) is 11.4 Å². The molecule has 134 valence electrons. The highest BCUT2D eigenvalue weighted by atomic mass is 16.2. The third-order valence-corrected chi connectivity index (χ3v) is 5.11. The Morgan fingerprint density at radius 2 is 2.08 bits per heavy atom. The average molecular weight is 349 g/mol. The topological polar surface area (TPSA) is 56.0 Å². The number of hydrogen-bond acceptors (Lipinski definition) is 3. The first-order valence-corrected chi connectivity index (χ1v) is 8.94. The molecule has 1 aliphatic rings. The minimum absolute atomic E-state index is 0.225. The Bertz CT molecular complexity index is 955. The van der Waals surface area contributed by atoms with Crippen LogP contribution in [0.4, 0.5) is 0 Å². The number of carbonyl (C=O) groups excluding carboxylic acids is 1. The summed E-state index contributed by atoms with van der Waals surface area (Å²) in [6.45, 7) is 4.82. The SMILES string of the molecule is Cc1cc(C)n(-c2cccc(-c3nccn3C[C@H]3CCC(=O)N3C)c2)n1. The number of likely N-dealkylation sites (tertiary alicyclic amines) is 1. The molecule has 1 saturated heterocycles. The number of carbonyl (C=O) groups is 1. The molecule has 1 fully saturated rings. The van der Waals surface area contributed by atoms with E-state index in [4.69, 9.17) is 0 Å². The number of aryl methyl sites for hydroxylation is 2. The molecule has 3 heterocycles. The van der Waals surface area contributed by atoms with Gasteiger partial charge in [-0.2, -0.15) is 5.10 Å². The zero-order valence-corrected chi connectivity index (χ0v) is 15.4. The van der Waals surface area contributed by atoms with Gasteiger partial charge < -0.3 is 9.47 Å². The Balaban J connectivity index is 1.65. The first kappa shape index (κ1) is 16.6. The molecule has 0 unspecified atom stereocenters. The second kappa shape index (κ2) is 6.44. The van der Waals surface area contributed by atoms with Crippen LogP contribution < -0.4 is 0 Å². The van der Waals surface area contributed by atoms with Gasteiger partial charge in [0.25, 0.3) is 0 Å². The van der Waals surface area contributed by atoms with E-state index in [2.05, 4.69) is 45.8 Å². The summed E-state index contributed by atoms with van der Waals surface area (Å²) in [4.78, 5) is 18.2. The molecule has 1 atom stereocenters. The van der Waals surface area contributed by atoms with Crippen LogP contribution in [-0.2, 0) is 11.3 Å². The van der Waals surface area contributed by atoms with E-state index >= 15 is 0 Å². The van der Waals surface area contributed by atoms with Crippen LogP contribution in [0.1, 0.15) is 24.2 Å². The molecule has 0 saturated carbocycles. The molecular formula is C20H23N5O. The second-order valence-corrected chi connectivity index (χ2v) is 6.99. The van der Waals surface area contributed by atoms with Gasteiger partial charge in [-0.25, -0.2) is 9.67 Å². The Morgan fingerprint density at radius 1 is 1.23 bits per heavy atom. The maximum Gasteiger partial charge on any atom is 0.222 e. The molecule has 0 aliphatic carbocycles. The monoisotopic (exact) mass is 349 g/mol. The molecule has 26 heavy (non-hydrogen) atoms. The summed E-state index contributed by atoms with van der Waals surface area (Å²) in [5.74, 6) is 1.14. The number of rotatable bonds is 4. The molecule has 1 aliphatic heterocycles. The lowest BCUT2D eigenvalue weighted by atomic mass is 10.1. The van der Waals surface area contributed by atoms with Crippen molar-refractivity contribution in [1.82, 2.24) is 24.2 Å². The summed E-state index contributed by atoms with van der Waals surface area (Å²) < 4.78 is 4.09. The highest BCUT2D eigenvalue weighted by Gasteiger charge is 2.28. The molecule has 0 bridgehead atoms. The van der Waals surface area contributed by atoms with Crippen molar-refractivity contribution in [1.29, 1.82) is 0 Å². The lowest BCUT2D eigenvalue weighted by Gasteiger charge is -2.21. The van der Waals surface area contributed by atoms with Gasteiger partial charge in [-0.15, -0.1) is 0 Å². The first-order chi connectivity index (χ1) is 12.5. The summed E-state index contributed by atoms with van der Waals surface area (Å²) in [7, 11) is 1.89. The molecule has 6 heteroatoms. The van der Waals surface area contributed by atoms with E-state index in [1.165, 1.54) is 0 Å². The zero-order valence-electron chi connectivity index (χ0n) is 15.4. The van der Waals surface area contributed by atoms with Crippen molar-refractivity contribution in [2.24, 2.45) is 0 Å². The Labute approximate surface area is 153 Å². The number of imidazole rings is 1. The van der Waals surface area contributed by atoms with Gasteiger partial charge >= 0.3 is 0 Å². The fourth-order valence-corrected chi connectivity index (χ4v) is 3.69. The van der Waals surface area contributed by atoms with Gasteiger partial charge in [0.1, 0.15) is 5.82 Å². The number of hydrogen-bond donors (Lipinski definition) is 0. The van der Waals surface area contributed by atoms with Gasteiger partial charge in [-0.3, -0.25) is 4.79 Å². The van der Waals surface area contributed by atoms with E-state index in [1.54, 1.807) is 0 Å². The minimum Gasteiger partial charge on any atom is -0.341 e. The summed E-state index contributed by atoms with van der Waals surface area (Å²) in [6.07, 6.45) is 5.35. The maximum atomic E-state index is 11.8. The Hall–Kier alpha value is -2.89. The number of nitrogens with zero attached hydrogens (tertiary/aromatic N) is 5. The molecule has 1 aromatic carbocycles. The Morgan fingerprint density at radius 3 is 2.77 bits per heavy atom. The number of amides is 1. The summed E-state index contributed by atoms with van der Waals surface area (Å²) in [5, 5.41) is 4.57. The molecule has 0 N–H and O–H groups in total. The summed E-state index contributed by atoms with van der Waals surface area (Å²) in [5.41, 5.74) is 4.18. The van der Waals surface area contributed by atoms with Crippen molar-refractivity contribution in [3.8, 4) is 17.1 Å². The van der Waals surface area contributed by atoms with E-state index < -0.39 is 0 Å². The molecule has 2 aromatic heterocycles. The highest BCUT2D eigenvalue weighted by Crippen LogP contribution is 2.24. The van der Waals surface area contributed by atoms with Crippen molar-refractivity contribution >= 4 is 5.91 Å². The van der Waals surface area contributed by atoms with Crippen LogP contribution in [0.2, 0.25) is 0 Å². The van der Waals surface area contributed by atoms with Crippen molar-refractivity contribution in [3.05, 3.63) is 54.1 Å². The van der Waals surface area contributed by atoms with Crippen LogP contribution in [-0.4, -0.2) is 43.2 Å². The smallest absolute Gasteiger partial charge is 0.222 e. The molecule has 6 nitrogen and oxygen atoms in total. The van der Waals surface area contributed by atoms with Crippen LogP contribution in [0.15, 0.2) is 42.7 Å². The zero-order chi connectivity index (χ0) is 18.3. The molecule has 4 rings (SSSR count). The van der Waals surface area contributed by atoms with Crippen molar-refractivity contribution in [2.75, 3.05) is 7.05 Å². The van der Waals surface area contributed by atoms with Crippen LogP contribution in [0.5, 0.6) is 0 Å². The Kier molecular flexibility index (Phi) is 4.11. The number of likely N-dealkylation sites (N-methyl/N-ethyl adjacent to an activating group) is 1. The van der Waals surface area contributed by atoms with E-state index in [0.717, 1.165) is 41.4 Å². The summed E-state index contributed by atoms with van der Waals surface area (Å²) >= 11 is 0. The third kappa shape index (κ3) is 2.92. The minimum atomic E-state index is 0.225. The van der Waals surface area contributed by atoms with Gasteiger partial charge in [-0.1, -0.05) is 12.1 Å². The van der Waals surface area contributed by atoms with Gasteiger partial charge in [0.2, 0.25) is 5.91 Å². The molecule has 3 aromatic rings. The predicted molar refractivity (Wildman–Crippen MR) is 100 cm³/mol. The fourth-order valence-electron chi connectivity index (χ4n) is 3.69. The predicted octanol–water partition coefficient (Wildman–Crippen LogP) is 2.97. The average Bonchev–Trinajstić information content (AvgIpc) is 3.31. The number of aromatic nitrogens is 4. The van der Waals surface area contributed by atoms with E-state index in [1.807, 2.05) is 42.0 Å². The van der Waals surface area contributed by atoms with Crippen LogP contribution >= 0.6 is 0 Å². The van der Waals surface area contributed by atoms with E-state index in [0.29, 0.717) is 6.42 Å². The van der Waals surface area contributed by atoms with Crippen LogP contribution in [0.3, 0.4) is 0 Å². The van der Waals surface area contributed by atoms with Crippen molar-refractivity contribution in [3.63, 3.8) is 0 Å². The molecule has 0 spiro atoms. The first-order valence-electron chi connectivity index (χ1n) is 8.94. The lowest BCUT2D eigenvalue weighted by molar-refractivity contribution is -0.127. The van der Waals surface area contributed by atoms with Gasteiger partial charge in [-0.05, 0) is 38.5 Å². The molecule has 0 radical (unpaired) electrons. The van der Waals surface area contributed by atoms with E-state index in [9.17, 15) is 4.79 Å². The second-order valence-electron chi connectivity index (χ2n) is 6.99. The van der Waals surface area contributed by atoms with Gasteiger partial charge in [0, 0.05) is 49.7 Å². The standard InChI is InChI=1S/C20H23N5O/c1-14-11-15(2)25(22-14)17-6-4-5-16(12-17)20-21-9-10-24(20)13-18-7-8-19(26)23(18)3/h4-6,9-12,18H,7-8,13H2,1-3H3/t18-/m1/s1. The van der Waals surface area contributed by atoms with Crippen molar-refractivity contribution < 1.29 is 4.79 Å².